The van der Waals surface area contributed by atoms with Crippen molar-refractivity contribution in [1.29, 1.82) is 0 Å². The second-order valence-electron chi connectivity index (χ2n) is 4.80. The van der Waals surface area contributed by atoms with Gasteiger partial charge in [-0.3, -0.25) is 0 Å². The van der Waals surface area contributed by atoms with Crippen LogP contribution in [-0.2, 0) is 4.74 Å². The summed E-state index contributed by atoms with van der Waals surface area (Å²) >= 11 is 0. The summed E-state index contributed by atoms with van der Waals surface area (Å²) in [7, 11) is 3.36. The van der Waals surface area contributed by atoms with Crippen molar-refractivity contribution in [3.05, 3.63) is 29.3 Å². The Morgan fingerprint density at radius 3 is 2.63 bits per heavy atom. The molecular weight excluding hydrogens is 242 g/mol. The first-order valence-electron chi connectivity index (χ1n) is 6.62. The molecule has 2 atom stereocenters. The lowest BCUT2D eigenvalue weighted by Crippen LogP contribution is -2.36. The number of aryl methyl sites for hydroxylation is 1. The Labute approximate surface area is 115 Å². The minimum absolute atomic E-state index is 0.135. The number of hydrogen-bond donors (Lipinski definition) is 2. The zero-order chi connectivity index (χ0) is 14.3. The summed E-state index contributed by atoms with van der Waals surface area (Å²) in [5.74, 6) is 0.889. The van der Waals surface area contributed by atoms with Crippen LogP contribution in [-0.4, -0.2) is 38.6 Å². The third-order valence-corrected chi connectivity index (χ3v) is 3.19. The van der Waals surface area contributed by atoms with E-state index in [4.69, 9.17) is 14.6 Å². The summed E-state index contributed by atoms with van der Waals surface area (Å²) in [6, 6.07) is 6.46. The second-order valence-corrected chi connectivity index (χ2v) is 4.80. The molecule has 0 amide bonds. The lowest BCUT2D eigenvalue weighted by molar-refractivity contribution is 0.143. The first-order valence-corrected chi connectivity index (χ1v) is 6.62. The molecule has 0 saturated heterocycles. The number of aliphatic hydroxyl groups excluding tert-OH is 1. The van der Waals surface area contributed by atoms with Crippen molar-refractivity contribution in [1.82, 2.24) is 5.32 Å². The molecule has 2 unspecified atom stereocenters. The van der Waals surface area contributed by atoms with Gasteiger partial charge in [-0.25, -0.2) is 0 Å². The predicted octanol–water partition coefficient (Wildman–Crippen LogP) is 2.05. The van der Waals surface area contributed by atoms with E-state index in [1.807, 2.05) is 13.0 Å². The van der Waals surface area contributed by atoms with Crippen LogP contribution >= 0.6 is 0 Å². The number of benzene rings is 1. The van der Waals surface area contributed by atoms with Crippen LogP contribution in [0.2, 0.25) is 0 Å². The Balaban J connectivity index is 2.78. The average Bonchev–Trinajstić information content (AvgIpc) is 2.38. The van der Waals surface area contributed by atoms with Gasteiger partial charge in [0, 0.05) is 31.4 Å². The van der Waals surface area contributed by atoms with Gasteiger partial charge in [0.25, 0.3) is 0 Å². The van der Waals surface area contributed by atoms with Gasteiger partial charge < -0.3 is 19.9 Å². The summed E-state index contributed by atoms with van der Waals surface area (Å²) < 4.78 is 10.6. The molecule has 0 aliphatic heterocycles. The van der Waals surface area contributed by atoms with E-state index in [1.165, 1.54) is 5.56 Å². The van der Waals surface area contributed by atoms with Crippen molar-refractivity contribution in [2.45, 2.75) is 32.4 Å². The quantitative estimate of drug-likeness (QED) is 0.757. The summed E-state index contributed by atoms with van der Waals surface area (Å²) in [6.07, 6.45) is 0.673. The molecule has 0 aliphatic rings. The summed E-state index contributed by atoms with van der Waals surface area (Å²) in [5.41, 5.74) is 2.30. The van der Waals surface area contributed by atoms with Crippen molar-refractivity contribution >= 4 is 0 Å². The molecule has 19 heavy (non-hydrogen) atoms. The summed E-state index contributed by atoms with van der Waals surface area (Å²) in [6.45, 7) is 4.87. The van der Waals surface area contributed by atoms with E-state index in [0.717, 1.165) is 11.3 Å². The van der Waals surface area contributed by atoms with E-state index in [1.54, 1.807) is 14.2 Å². The molecule has 4 heteroatoms. The van der Waals surface area contributed by atoms with Gasteiger partial charge in [0.15, 0.2) is 0 Å². The summed E-state index contributed by atoms with van der Waals surface area (Å²) in [5, 5.41) is 12.5. The Bertz CT molecular complexity index is 376. The maximum atomic E-state index is 9.06. The van der Waals surface area contributed by atoms with Gasteiger partial charge in [-0.2, -0.15) is 0 Å². The normalized spacial score (nSPS) is 14.2. The van der Waals surface area contributed by atoms with Crippen LogP contribution in [0.3, 0.4) is 0 Å². The number of hydrogen-bond acceptors (Lipinski definition) is 4. The van der Waals surface area contributed by atoms with Crippen LogP contribution in [0.1, 0.15) is 30.5 Å². The Morgan fingerprint density at radius 1 is 1.32 bits per heavy atom. The van der Waals surface area contributed by atoms with E-state index in [9.17, 15) is 0 Å². The molecule has 108 valence electrons. The lowest BCUT2D eigenvalue weighted by Gasteiger charge is -2.24. The van der Waals surface area contributed by atoms with E-state index < -0.39 is 0 Å². The third kappa shape index (κ3) is 4.82. The fourth-order valence-corrected chi connectivity index (χ4v) is 2.19. The smallest absolute Gasteiger partial charge is 0.123 e. The van der Waals surface area contributed by atoms with Gasteiger partial charge >= 0.3 is 0 Å². The van der Waals surface area contributed by atoms with E-state index >= 15 is 0 Å². The number of ether oxygens (including phenoxy) is 2. The number of nitrogens with one attached hydrogen (secondary N) is 1. The molecular formula is C15H25NO3. The largest absolute Gasteiger partial charge is 0.496 e. The molecule has 1 aromatic carbocycles. The topological polar surface area (TPSA) is 50.7 Å². The fraction of sp³-hybridized carbons (Fsp3) is 0.600. The highest BCUT2D eigenvalue weighted by Crippen LogP contribution is 2.26. The number of rotatable bonds is 8. The first-order chi connectivity index (χ1) is 9.12. The standard InChI is InChI=1S/C15H25NO3/c1-11-5-6-14(15(9-11)19-4)12(2)16-13(7-8-17)10-18-3/h5-6,9,12-13,16-17H,7-8,10H2,1-4H3. The SMILES string of the molecule is COCC(CCO)NC(C)c1ccc(C)cc1OC. The molecule has 0 radical (unpaired) electrons. The maximum Gasteiger partial charge on any atom is 0.123 e. The van der Waals surface area contributed by atoms with Crippen LogP contribution in [0.4, 0.5) is 0 Å². The van der Waals surface area contributed by atoms with Crippen LogP contribution < -0.4 is 10.1 Å². The van der Waals surface area contributed by atoms with Crippen LogP contribution in [0.5, 0.6) is 5.75 Å². The predicted molar refractivity (Wildman–Crippen MR) is 76.6 cm³/mol. The molecule has 0 heterocycles. The Kier molecular flexibility index (Phi) is 6.84. The zero-order valence-corrected chi connectivity index (χ0v) is 12.3. The molecule has 0 saturated carbocycles. The molecule has 0 spiro atoms. The minimum Gasteiger partial charge on any atom is -0.496 e. The lowest BCUT2D eigenvalue weighted by atomic mass is 10.0. The Morgan fingerprint density at radius 2 is 2.05 bits per heavy atom. The third-order valence-electron chi connectivity index (χ3n) is 3.19. The molecule has 2 N–H and O–H groups in total. The van der Waals surface area contributed by atoms with E-state index in [-0.39, 0.29) is 18.7 Å². The Hall–Kier alpha value is -1.10. The van der Waals surface area contributed by atoms with Crippen LogP contribution in [0.15, 0.2) is 18.2 Å². The second kappa shape index (κ2) is 8.15. The van der Waals surface area contributed by atoms with Gasteiger partial charge in [0.05, 0.1) is 13.7 Å². The molecule has 0 fully saturated rings. The van der Waals surface area contributed by atoms with Crippen molar-refractivity contribution in [2.24, 2.45) is 0 Å². The highest BCUT2D eigenvalue weighted by atomic mass is 16.5. The monoisotopic (exact) mass is 267 g/mol. The first kappa shape index (κ1) is 16.0. The molecule has 0 bridgehead atoms. The molecule has 1 aromatic rings. The molecule has 0 aromatic heterocycles. The van der Waals surface area contributed by atoms with E-state index in [0.29, 0.717) is 13.0 Å². The van der Waals surface area contributed by atoms with Crippen molar-refractivity contribution in [3.63, 3.8) is 0 Å². The summed E-state index contributed by atoms with van der Waals surface area (Å²) in [4.78, 5) is 0. The van der Waals surface area contributed by atoms with Gasteiger partial charge in [-0.1, -0.05) is 12.1 Å². The molecule has 4 nitrogen and oxygen atoms in total. The molecule has 1 rings (SSSR count). The molecule has 0 aliphatic carbocycles. The zero-order valence-electron chi connectivity index (χ0n) is 12.3. The fourth-order valence-electron chi connectivity index (χ4n) is 2.19. The number of methoxy groups -OCH3 is 2. The maximum absolute atomic E-state index is 9.06. The van der Waals surface area contributed by atoms with Crippen molar-refractivity contribution in [3.8, 4) is 5.75 Å². The van der Waals surface area contributed by atoms with Gasteiger partial charge in [-0.15, -0.1) is 0 Å². The van der Waals surface area contributed by atoms with E-state index in [2.05, 4.69) is 24.4 Å². The van der Waals surface area contributed by atoms with Gasteiger partial charge in [0.1, 0.15) is 5.75 Å². The van der Waals surface area contributed by atoms with Gasteiger partial charge in [-0.05, 0) is 31.9 Å². The van der Waals surface area contributed by atoms with Crippen molar-refractivity contribution < 1.29 is 14.6 Å². The highest BCUT2D eigenvalue weighted by molar-refractivity contribution is 5.39. The number of aliphatic hydroxyl groups is 1. The van der Waals surface area contributed by atoms with Crippen LogP contribution in [0, 0.1) is 6.92 Å². The van der Waals surface area contributed by atoms with Gasteiger partial charge in [0.2, 0.25) is 0 Å². The minimum atomic E-state index is 0.135. The van der Waals surface area contributed by atoms with Crippen LogP contribution in [0.25, 0.3) is 0 Å². The average molecular weight is 267 g/mol. The highest BCUT2D eigenvalue weighted by Gasteiger charge is 2.16. The van der Waals surface area contributed by atoms with Crippen molar-refractivity contribution in [2.75, 3.05) is 27.4 Å².